The van der Waals surface area contributed by atoms with Gasteiger partial charge in [-0.05, 0) is 77.0 Å². The van der Waals surface area contributed by atoms with E-state index in [1.165, 1.54) is 38.5 Å². The van der Waals surface area contributed by atoms with Crippen molar-refractivity contribution in [2.45, 2.75) is 70.1 Å². The van der Waals surface area contributed by atoms with Crippen LogP contribution in [0.2, 0.25) is 0 Å². The SMILES string of the molecule is Cc1nn(C)c(C)c1[C@@H](C)NC(=O)CSC12CC3CC(CC(C3)C1)C2. The molecule has 0 saturated heterocycles. The molecule has 4 saturated carbocycles. The predicted octanol–water partition coefficient (Wildman–Crippen LogP) is 3.92. The molecule has 4 fully saturated rings. The van der Waals surface area contributed by atoms with Gasteiger partial charge in [-0.25, -0.2) is 0 Å². The molecular formula is C20H31N3OS. The second-order valence-electron chi connectivity index (χ2n) is 8.89. The number of hydrogen-bond acceptors (Lipinski definition) is 3. The number of aryl methyl sites for hydroxylation is 2. The highest BCUT2D eigenvalue weighted by Gasteiger charge is 2.51. The zero-order valence-corrected chi connectivity index (χ0v) is 16.8. The Kier molecular flexibility index (Phi) is 4.41. The molecule has 4 nitrogen and oxygen atoms in total. The summed E-state index contributed by atoms with van der Waals surface area (Å²) in [4.78, 5) is 12.6. The number of nitrogens with one attached hydrogen (secondary N) is 1. The molecule has 1 amide bonds. The summed E-state index contributed by atoms with van der Waals surface area (Å²) < 4.78 is 2.31. The number of rotatable bonds is 5. The summed E-state index contributed by atoms with van der Waals surface area (Å²) in [6, 6.07) is 0.0261. The van der Waals surface area contributed by atoms with E-state index in [1.54, 1.807) is 0 Å². The largest absolute Gasteiger partial charge is 0.349 e. The van der Waals surface area contributed by atoms with Crippen LogP contribution in [0.1, 0.15) is 68.4 Å². The first-order chi connectivity index (χ1) is 11.8. The van der Waals surface area contributed by atoms with Crippen LogP contribution in [0.25, 0.3) is 0 Å². The second kappa shape index (κ2) is 6.33. The van der Waals surface area contributed by atoms with Gasteiger partial charge in [-0.1, -0.05) is 0 Å². The predicted molar refractivity (Wildman–Crippen MR) is 103 cm³/mol. The zero-order chi connectivity index (χ0) is 17.8. The monoisotopic (exact) mass is 361 g/mol. The fourth-order valence-corrected chi connectivity index (χ4v) is 7.78. The van der Waals surface area contributed by atoms with Gasteiger partial charge in [0.15, 0.2) is 0 Å². The molecule has 4 bridgehead atoms. The number of thioether (sulfide) groups is 1. The van der Waals surface area contributed by atoms with E-state index in [9.17, 15) is 4.79 Å². The van der Waals surface area contributed by atoms with Crippen molar-refractivity contribution in [3.63, 3.8) is 0 Å². The molecule has 5 rings (SSSR count). The van der Waals surface area contributed by atoms with E-state index in [2.05, 4.69) is 24.3 Å². The zero-order valence-electron chi connectivity index (χ0n) is 16.0. The van der Waals surface area contributed by atoms with Gasteiger partial charge in [-0.15, -0.1) is 11.8 Å². The van der Waals surface area contributed by atoms with E-state index < -0.39 is 0 Å². The maximum Gasteiger partial charge on any atom is 0.230 e. The smallest absolute Gasteiger partial charge is 0.230 e. The summed E-state index contributed by atoms with van der Waals surface area (Å²) in [7, 11) is 1.96. The molecule has 1 aromatic rings. The molecule has 4 aliphatic rings. The van der Waals surface area contributed by atoms with Crippen LogP contribution in [0, 0.1) is 31.6 Å². The lowest BCUT2D eigenvalue weighted by atomic mass is 9.56. The summed E-state index contributed by atoms with van der Waals surface area (Å²) in [5.41, 5.74) is 3.32. The Morgan fingerprint density at radius 3 is 2.28 bits per heavy atom. The Morgan fingerprint density at radius 1 is 1.24 bits per heavy atom. The fraction of sp³-hybridized carbons (Fsp3) is 0.800. The van der Waals surface area contributed by atoms with E-state index in [4.69, 9.17) is 0 Å². The van der Waals surface area contributed by atoms with Crippen LogP contribution in [0.4, 0.5) is 0 Å². The van der Waals surface area contributed by atoms with Gasteiger partial charge in [0, 0.05) is 23.1 Å². The van der Waals surface area contributed by atoms with Crippen molar-refractivity contribution in [2.24, 2.45) is 24.8 Å². The van der Waals surface area contributed by atoms with Gasteiger partial charge < -0.3 is 5.32 Å². The van der Waals surface area contributed by atoms with Crippen molar-refractivity contribution in [3.8, 4) is 0 Å². The van der Waals surface area contributed by atoms with E-state index >= 15 is 0 Å². The van der Waals surface area contributed by atoms with Crippen LogP contribution >= 0.6 is 11.8 Å². The van der Waals surface area contributed by atoms with Gasteiger partial charge in [0.1, 0.15) is 0 Å². The van der Waals surface area contributed by atoms with Crippen LogP contribution in [-0.4, -0.2) is 26.2 Å². The standard InChI is InChI=1S/C20H31N3OS/c1-12(19-13(2)22-23(4)14(19)3)21-18(24)11-25-20-8-15-5-16(9-20)7-17(6-15)10-20/h12,15-17H,5-11H2,1-4H3,(H,21,24)/t12-,15?,16?,17?,20?/m1/s1. The van der Waals surface area contributed by atoms with Crippen molar-refractivity contribution in [1.82, 2.24) is 15.1 Å². The first kappa shape index (κ1) is 17.4. The van der Waals surface area contributed by atoms with Gasteiger partial charge >= 0.3 is 0 Å². The first-order valence-corrected chi connectivity index (χ1v) is 10.8. The van der Waals surface area contributed by atoms with Crippen molar-refractivity contribution in [1.29, 1.82) is 0 Å². The first-order valence-electron chi connectivity index (χ1n) is 9.78. The van der Waals surface area contributed by atoms with E-state index in [-0.39, 0.29) is 11.9 Å². The number of nitrogens with zero attached hydrogens (tertiary/aromatic N) is 2. The lowest BCUT2D eigenvalue weighted by molar-refractivity contribution is -0.119. The molecule has 0 spiro atoms. The van der Waals surface area contributed by atoms with Crippen molar-refractivity contribution < 1.29 is 4.79 Å². The highest BCUT2D eigenvalue weighted by molar-refractivity contribution is 8.01. The van der Waals surface area contributed by atoms with E-state index in [0.717, 1.165) is 34.7 Å². The summed E-state index contributed by atoms with van der Waals surface area (Å²) in [6.45, 7) is 6.17. The van der Waals surface area contributed by atoms with Gasteiger partial charge in [-0.3, -0.25) is 9.48 Å². The molecule has 4 aliphatic carbocycles. The summed E-state index contributed by atoms with van der Waals surface area (Å²) in [5, 5.41) is 7.68. The Balaban J connectivity index is 1.35. The minimum absolute atomic E-state index is 0.0261. The number of carbonyl (C=O) groups is 1. The highest BCUT2D eigenvalue weighted by atomic mass is 32.2. The molecule has 1 heterocycles. The fourth-order valence-electron chi connectivity index (χ4n) is 6.20. The third-order valence-electron chi connectivity index (χ3n) is 6.87. The van der Waals surface area contributed by atoms with Crippen molar-refractivity contribution >= 4 is 17.7 Å². The van der Waals surface area contributed by atoms with E-state index in [1.807, 2.05) is 30.4 Å². The van der Waals surface area contributed by atoms with Crippen LogP contribution in [0.3, 0.4) is 0 Å². The molecule has 1 N–H and O–H groups in total. The maximum atomic E-state index is 12.6. The Morgan fingerprint density at radius 2 is 1.80 bits per heavy atom. The average molecular weight is 362 g/mol. The van der Waals surface area contributed by atoms with Crippen molar-refractivity contribution in [3.05, 3.63) is 17.0 Å². The molecular weight excluding hydrogens is 330 g/mol. The molecule has 25 heavy (non-hydrogen) atoms. The van der Waals surface area contributed by atoms with Crippen LogP contribution in [0.15, 0.2) is 0 Å². The molecule has 1 atom stereocenters. The molecule has 5 heteroatoms. The number of carbonyl (C=O) groups excluding carboxylic acids is 1. The number of amides is 1. The Bertz CT molecular complexity index is 645. The van der Waals surface area contributed by atoms with Gasteiger partial charge in [0.05, 0.1) is 17.5 Å². The third kappa shape index (κ3) is 3.24. The molecule has 0 aromatic carbocycles. The summed E-state index contributed by atoms with van der Waals surface area (Å²) in [6.07, 6.45) is 8.45. The maximum absolute atomic E-state index is 12.6. The lowest BCUT2D eigenvalue weighted by Crippen LogP contribution is -2.49. The topological polar surface area (TPSA) is 46.9 Å². The molecule has 0 unspecified atom stereocenters. The minimum Gasteiger partial charge on any atom is -0.349 e. The lowest BCUT2D eigenvalue weighted by Gasteiger charge is -2.56. The average Bonchev–Trinajstić information content (AvgIpc) is 2.77. The Hall–Kier alpha value is -0.970. The quantitative estimate of drug-likeness (QED) is 0.865. The minimum atomic E-state index is 0.0261. The molecule has 1 aromatic heterocycles. The normalized spacial score (nSPS) is 34.3. The number of hydrogen-bond donors (Lipinski definition) is 1. The van der Waals surface area contributed by atoms with Crippen LogP contribution in [0.5, 0.6) is 0 Å². The van der Waals surface area contributed by atoms with Gasteiger partial charge in [0.2, 0.25) is 5.91 Å². The summed E-state index contributed by atoms with van der Waals surface area (Å²) >= 11 is 1.96. The molecule has 0 aliphatic heterocycles. The molecule has 138 valence electrons. The Labute approximate surface area is 155 Å². The van der Waals surface area contributed by atoms with Crippen LogP contribution in [-0.2, 0) is 11.8 Å². The number of aromatic nitrogens is 2. The summed E-state index contributed by atoms with van der Waals surface area (Å²) in [5.74, 6) is 3.62. The third-order valence-corrected chi connectivity index (χ3v) is 8.39. The van der Waals surface area contributed by atoms with Gasteiger partial charge in [0.25, 0.3) is 0 Å². The molecule has 0 radical (unpaired) electrons. The van der Waals surface area contributed by atoms with E-state index in [0.29, 0.717) is 10.5 Å². The highest BCUT2D eigenvalue weighted by Crippen LogP contribution is 2.60. The van der Waals surface area contributed by atoms with Gasteiger partial charge in [-0.2, -0.15) is 5.10 Å². The van der Waals surface area contributed by atoms with Crippen LogP contribution < -0.4 is 5.32 Å². The second-order valence-corrected chi connectivity index (χ2v) is 10.3. The van der Waals surface area contributed by atoms with Crippen molar-refractivity contribution in [2.75, 3.05) is 5.75 Å².